The maximum absolute atomic E-state index is 12.9. The van der Waals surface area contributed by atoms with Crippen molar-refractivity contribution in [3.05, 3.63) is 50.9 Å². The number of nitrogens with one attached hydrogen (secondary N) is 2. The summed E-state index contributed by atoms with van der Waals surface area (Å²) in [4.78, 5) is 49.8. The Balaban J connectivity index is 1.63. The number of carbonyl (C=O) groups excluding carboxylic acids is 1. The summed E-state index contributed by atoms with van der Waals surface area (Å²) in [5.41, 5.74) is 1.67. The lowest BCUT2D eigenvalue weighted by Gasteiger charge is -2.12. The van der Waals surface area contributed by atoms with Crippen LogP contribution in [0.3, 0.4) is 0 Å². The van der Waals surface area contributed by atoms with Crippen molar-refractivity contribution < 1.29 is 4.79 Å². The molecular formula is C25H33N7O3. The average molecular weight is 480 g/mol. The second kappa shape index (κ2) is 10.3. The van der Waals surface area contributed by atoms with Crippen molar-refractivity contribution in [1.82, 2.24) is 28.7 Å². The highest BCUT2D eigenvalue weighted by Crippen LogP contribution is 2.20. The van der Waals surface area contributed by atoms with Gasteiger partial charge in [-0.2, -0.15) is 0 Å². The maximum Gasteiger partial charge on any atom is 0.330 e. The minimum atomic E-state index is -0.451. The SMILES string of the molecule is CCCCn1c(=O)[nH]c(=O)c2c1nc(CCC(=O)Nc1nc3ccccc3n1CC)n2CC(C)C. The van der Waals surface area contributed by atoms with Crippen molar-refractivity contribution in [1.29, 1.82) is 0 Å². The Morgan fingerprint density at radius 1 is 1.09 bits per heavy atom. The Hall–Kier alpha value is -3.69. The molecule has 3 heterocycles. The van der Waals surface area contributed by atoms with E-state index in [4.69, 9.17) is 4.98 Å². The van der Waals surface area contributed by atoms with Crippen molar-refractivity contribution in [2.24, 2.45) is 5.92 Å². The van der Waals surface area contributed by atoms with E-state index >= 15 is 0 Å². The number of anilines is 1. The minimum absolute atomic E-state index is 0.172. The van der Waals surface area contributed by atoms with E-state index in [0.717, 1.165) is 23.9 Å². The van der Waals surface area contributed by atoms with Crippen LogP contribution in [0.25, 0.3) is 22.2 Å². The molecule has 0 bridgehead atoms. The van der Waals surface area contributed by atoms with Crippen molar-refractivity contribution in [3.8, 4) is 0 Å². The minimum Gasteiger partial charge on any atom is -0.322 e. The number of nitrogens with zero attached hydrogens (tertiary/aromatic N) is 5. The van der Waals surface area contributed by atoms with Crippen LogP contribution in [0, 0.1) is 5.92 Å². The summed E-state index contributed by atoms with van der Waals surface area (Å²) < 4.78 is 5.35. The number of aromatic nitrogens is 6. The molecule has 0 radical (unpaired) electrons. The lowest BCUT2D eigenvalue weighted by molar-refractivity contribution is -0.116. The number of amides is 1. The number of rotatable bonds is 10. The van der Waals surface area contributed by atoms with Gasteiger partial charge in [-0.25, -0.2) is 14.8 Å². The number of hydrogen-bond donors (Lipinski definition) is 2. The lowest BCUT2D eigenvalue weighted by atomic mass is 10.2. The van der Waals surface area contributed by atoms with Crippen LogP contribution in [0.5, 0.6) is 0 Å². The van der Waals surface area contributed by atoms with Crippen LogP contribution < -0.4 is 16.6 Å². The Labute approximate surface area is 203 Å². The molecule has 4 aromatic rings. The molecule has 0 saturated carbocycles. The molecule has 10 heteroatoms. The summed E-state index contributed by atoms with van der Waals surface area (Å²) in [5, 5.41) is 2.93. The molecule has 1 aromatic carbocycles. The number of H-pyrrole nitrogens is 1. The summed E-state index contributed by atoms with van der Waals surface area (Å²) in [7, 11) is 0. The lowest BCUT2D eigenvalue weighted by Crippen LogP contribution is -2.31. The molecule has 186 valence electrons. The van der Waals surface area contributed by atoms with Gasteiger partial charge in [0.05, 0.1) is 11.0 Å². The number of fused-ring (bicyclic) bond motifs is 2. The molecule has 0 aliphatic heterocycles. The number of hydrogen-bond acceptors (Lipinski definition) is 5. The predicted molar refractivity (Wildman–Crippen MR) is 137 cm³/mol. The van der Waals surface area contributed by atoms with E-state index in [1.165, 1.54) is 4.57 Å². The normalized spacial score (nSPS) is 11.7. The zero-order chi connectivity index (χ0) is 25.1. The first kappa shape index (κ1) is 24.4. The van der Waals surface area contributed by atoms with Gasteiger partial charge in [0.15, 0.2) is 11.2 Å². The predicted octanol–water partition coefficient (Wildman–Crippen LogP) is 3.28. The molecule has 1 amide bonds. The third-order valence-corrected chi connectivity index (χ3v) is 6.05. The molecule has 3 aromatic heterocycles. The fourth-order valence-electron chi connectivity index (χ4n) is 4.40. The average Bonchev–Trinajstić information content (AvgIpc) is 3.34. The molecule has 0 spiro atoms. The van der Waals surface area contributed by atoms with E-state index in [0.29, 0.717) is 49.0 Å². The topological polar surface area (TPSA) is 120 Å². The molecule has 10 nitrogen and oxygen atoms in total. The molecule has 0 fully saturated rings. The first-order valence-corrected chi connectivity index (χ1v) is 12.3. The van der Waals surface area contributed by atoms with Gasteiger partial charge in [0.25, 0.3) is 5.56 Å². The van der Waals surface area contributed by atoms with Crippen LogP contribution in [-0.4, -0.2) is 34.6 Å². The summed E-state index contributed by atoms with van der Waals surface area (Å²) in [5.74, 6) is 1.20. The summed E-state index contributed by atoms with van der Waals surface area (Å²) >= 11 is 0. The van der Waals surface area contributed by atoms with Crippen molar-refractivity contribution in [2.45, 2.75) is 73.0 Å². The van der Waals surface area contributed by atoms with Gasteiger partial charge in [-0.05, 0) is 31.4 Å². The first-order valence-electron chi connectivity index (χ1n) is 12.3. The van der Waals surface area contributed by atoms with Gasteiger partial charge < -0.3 is 9.13 Å². The zero-order valence-corrected chi connectivity index (χ0v) is 20.8. The third-order valence-electron chi connectivity index (χ3n) is 6.05. The Kier molecular flexibility index (Phi) is 7.18. The summed E-state index contributed by atoms with van der Waals surface area (Å²) in [6, 6.07) is 7.76. The number of aromatic amines is 1. The molecule has 4 rings (SSSR count). The molecule has 0 atom stereocenters. The number of carbonyl (C=O) groups is 1. The highest BCUT2D eigenvalue weighted by molar-refractivity contribution is 5.91. The monoisotopic (exact) mass is 479 g/mol. The molecule has 2 N–H and O–H groups in total. The summed E-state index contributed by atoms with van der Waals surface area (Å²) in [6.07, 6.45) is 2.22. The van der Waals surface area contributed by atoms with Crippen molar-refractivity contribution >= 4 is 34.1 Å². The van der Waals surface area contributed by atoms with Crippen molar-refractivity contribution in [3.63, 3.8) is 0 Å². The summed E-state index contributed by atoms with van der Waals surface area (Å²) in [6.45, 7) is 9.88. The van der Waals surface area contributed by atoms with Gasteiger partial charge in [-0.3, -0.25) is 24.5 Å². The van der Waals surface area contributed by atoms with Crippen LogP contribution >= 0.6 is 0 Å². The second-order valence-corrected chi connectivity index (χ2v) is 9.19. The van der Waals surface area contributed by atoms with Crippen molar-refractivity contribution in [2.75, 3.05) is 5.32 Å². The number of unbranched alkanes of at least 4 members (excludes halogenated alkanes) is 1. The van der Waals surface area contributed by atoms with E-state index in [1.807, 2.05) is 47.2 Å². The smallest absolute Gasteiger partial charge is 0.322 e. The van der Waals surface area contributed by atoms with Crippen LogP contribution in [0.4, 0.5) is 5.95 Å². The Bertz CT molecular complexity index is 1470. The zero-order valence-electron chi connectivity index (χ0n) is 20.8. The fourth-order valence-corrected chi connectivity index (χ4v) is 4.40. The highest BCUT2D eigenvalue weighted by atomic mass is 16.2. The molecule has 0 aliphatic carbocycles. The highest BCUT2D eigenvalue weighted by Gasteiger charge is 2.20. The van der Waals surface area contributed by atoms with Gasteiger partial charge in [-0.1, -0.05) is 39.3 Å². The van der Waals surface area contributed by atoms with Gasteiger partial charge in [0.1, 0.15) is 5.82 Å². The third kappa shape index (κ3) is 4.91. The van der Waals surface area contributed by atoms with E-state index in [-0.39, 0.29) is 18.2 Å². The molecular weight excluding hydrogens is 446 g/mol. The molecule has 35 heavy (non-hydrogen) atoms. The molecule has 0 aliphatic rings. The van der Waals surface area contributed by atoms with Crippen LogP contribution in [0.2, 0.25) is 0 Å². The first-order chi connectivity index (χ1) is 16.8. The van der Waals surface area contributed by atoms with Gasteiger partial charge >= 0.3 is 5.69 Å². The largest absolute Gasteiger partial charge is 0.330 e. The Morgan fingerprint density at radius 3 is 2.57 bits per heavy atom. The standard InChI is InChI=1S/C25H33N7O3/c1-5-7-14-31-22-21(23(34)29-25(31)35)32(15-16(3)4)19(27-22)12-13-20(33)28-24-26-17-10-8-9-11-18(17)30(24)6-2/h8-11,16H,5-7,12-15H2,1-4H3,(H,26,28,33)(H,29,34,35). The maximum atomic E-state index is 12.9. The Morgan fingerprint density at radius 2 is 1.86 bits per heavy atom. The van der Waals surface area contributed by atoms with Crippen LogP contribution in [0.1, 0.15) is 52.8 Å². The number of imidazole rings is 2. The number of benzene rings is 1. The van der Waals surface area contributed by atoms with E-state index in [2.05, 4.69) is 29.1 Å². The van der Waals surface area contributed by atoms with Gasteiger partial charge in [0, 0.05) is 32.5 Å². The van der Waals surface area contributed by atoms with Crippen LogP contribution in [-0.2, 0) is 30.8 Å². The van der Waals surface area contributed by atoms with E-state index in [1.54, 1.807) is 0 Å². The molecule has 0 unspecified atom stereocenters. The van der Waals surface area contributed by atoms with E-state index < -0.39 is 11.2 Å². The quantitative estimate of drug-likeness (QED) is 0.362. The van der Waals surface area contributed by atoms with Gasteiger partial charge in [-0.15, -0.1) is 0 Å². The number of aryl methyl sites for hydroxylation is 3. The van der Waals surface area contributed by atoms with Gasteiger partial charge in [0.2, 0.25) is 11.9 Å². The fraction of sp³-hybridized carbons (Fsp3) is 0.480. The molecule has 0 saturated heterocycles. The second-order valence-electron chi connectivity index (χ2n) is 9.19. The van der Waals surface area contributed by atoms with Crippen LogP contribution in [0.15, 0.2) is 33.9 Å². The number of para-hydroxylation sites is 2. The van der Waals surface area contributed by atoms with E-state index in [9.17, 15) is 14.4 Å².